The summed E-state index contributed by atoms with van der Waals surface area (Å²) in [5, 5.41) is 14.3. The maximum atomic E-state index is 11.5. The Bertz CT molecular complexity index is 434. The van der Waals surface area contributed by atoms with Crippen LogP contribution in [0.1, 0.15) is 31.7 Å². The molecular formula is C16H24N2O3. The number of carboxylic acid groups (broad SMARTS) is 1. The Hall–Kier alpha value is -2.04. The highest BCUT2D eigenvalue weighted by atomic mass is 16.4. The van der Waals surface area contributed by atoms with E-state index in [1.807, 2.05) is 18.2 Å². The minimum absolute atomic E-state index is 0.189. The molecule has 0 saturated carbocycles. The number of hydrogen-bond donors (Lipinski definition) is 3. The molecule has 21 heavy (non-hydrogen) atoms. The van der Waals surface area contributed by atoms with Gasteiger partial charge in [0.15, 0.2) is 0 Å². The summed E-state index contributed by atoms with van der Waals surface area (Å²) in [5.74, 6) is -1.15. The molecule has 0 aliphatic rings. The van der Waals surface area contributed by atoms with Crippen molar-refractivity contribution in [2.45, 2.75) is 32.6 Å². The number of carboxylic acids is 1. The second-order valence-corrected chi connectivity index (χ2v) is 5.15. The van der Waals surface area contributed by atoms with E-state index in [1.54, 1.807) is 6.92 Å². The summed E-state index contributed by atoms with van der Waals surface area (Å²) >= 11 is 0. The van der Waals surface area contributed by atoms with Crippen molar-refractivity contribution in [2.75, 3.05) is 13.1 Å². The van der Waals surface area contributed by atoms with Gasteiger partial charge in [0.25, 0.3) is 0 Å². The molecule has 5 heteroatoms. The first-order valence-electron chi connectivity index (χ1n) is 7.38. The zero-order valence-corrected chi connectivity index (χ0v) is 12.5. The number of aliphatic carboxylic acids is 1. The fourth-order valence-corrected chi connectivity index (χ4v) is 1.94. The van der Waals surface area contributed by atoms with E-state index in [-0.39, 0.29) is 11.9 Å². The van der Waals surface area contributed by atoms with Gasteiger partial charge in [-0.15, -0.1) is 0 Å². The van der Waals surface area contributed by atoms with Crippen molar-refractivity contribution in [3.8, 4) is 0 Å². The summed E-state index contributed by atoms with van der Waals surface area (Å²) in [4.78, 5) is 22.1. The largest absolute Gasteiger partial charge is 0.481 e. The third kappa shape index (κ3) is 7.97. The molecule has 0 aliphatic carbocycles. The first-order valence-corrected chi connectivity index (χ1v) is 7.38. The summed E-state index contributed by atoms with van der Waals surface area (Å²) in [7, 11) is 0. The van der Waals surface area contributed by atoms with E-state index in [9.17, 15) is 9.59 Å². The van der Waals surface area contributed by atoms with Crippen LogP contribution in [-0.2, 0) is 11.2 Å². The summed E-state index contributed by atoms with van der Waals surface area (Å²) in [5.41, 5.74) is 1.27. The molecule has 1 atom stereocenters. The van der Waals surface area contributed by atoms with Gasteiger partial charge in [-0.25, -0.2) is 4.79 Å². The molecule has 1 rings (SSSR count). The Morgan fingerprint density at radius 1 is 1.10 bits per heavy atom. The molecule has 0 aliphatic heterocycles. The van der Waals surface area contributed by atoms with Gasteiger partial charge in [-0.2, -0.15) is 0 Å². The SMILES string of the molecule is CC(CCCNC(=O)NCCCc1ccccc1)C(=O)O. The van der Waals surface area contributed by atoms with Crippen LogP contribution in [0.3, 0.4) is 0 Å². The number of rotatable bonds is 9. The van der Waals surface area contributed by atoms with Crippen molar-refractivity contribution in [2.24, 2.45) is 5.92 Å². The lowest BCUT2D eigenvalue weighted by Crippen LogP contribution is -2.36. The molecule has 0 spiro atoms. The lowest BCUT2D eigenvalue weighted by Gasteiger charge is -2.09. The quantitative estimate of drug-likeness (QED) is 0.612. The highest BCUT2D eigenvalue weighted by Gasteiger charge is 2.09. The topological polar surface area (TPSA) is 78.4 Å². The lowest BCUT2D eigenvalue weighted by atomic mass is 10.1. The van der Waals surface area contributed by atoms with Gasteiger partial charge < -0.3 is 15.7 Å². The maximum Gasteiger partial charge on any atom is 0.314 e. The zero-order valence-electron chi connectivity index (χ0n) is 12.5. The van der Waals surface area contributed by atoms with E-state index in [4.69, 9.17) is 5.11 Å². The van der Waals surface area contributed by atoms with E-state index in [2.05, 4.69) is 22.8 Å². The van der Waals surface area contributed by atoms with E-state index >= 15 is 0 Å². The number of hydrogen-bond acceptors (Lipinski definition) is 2. The number of carbonyl (C=O) groups excluding carboxylic acids is 1. The van der Waals surface area contributed by atoms with Crippen LogP contribution in [0.2, 0.25) is 0 Å². The Morgan fingerprint density at radius 2 is 1.71 bits per heavy atom. The monoisotopic (exact) mass is 292 g/mol. The molecule has 1 unspecified atom stereocenters. The minimum atomic E-state index is -0.791. The first kappa shape index (κ1) is 17.0. The molecular weight excluding hydrogens is 268 g/mol. The summed E-state index contributed by atoms with van der Waals surface area (Å²) < 4.78 is 0. The lowest BCUT2D eigenvalue weighted by molar-refractivity contribution is -0.141. The average Bonchev–Trinajstić information content (AvgIpc) is 2.49. The highest BCUT2D eigenvalue weighted by Crippen LogP contribution is 2.04. The standard InChI is InChI=1S/C16H24N2O3/c1-13(15(19)20)7-5-11-17-16(21)18-12-6-10-14-8-3-2-4-9-14/h2-4,8-9,13H,5-7,10-12H2,1H3,(H,19,20)(H2,17,18,21). The van der Waals surface area contributed by atoms with Crippen molar-refractivity contribution < 1.29 is 14.7 Å². The first-order chi connectivity index (χ1) is 10.1. The predicted molar refractivity (Wildman–Crippen MR) is 82.2 cm³/mol. The molecule has 2 amide bonds. The maximum absolute atomic E-state index is 11.5. The van der Waals surface area contributed by atoms with E-state index in [0.29, 0.717) is 25.9 Å². The summed E-state index contributed by atoms with van der Waals surface area (Å²) in [6, 6.07) is 9.96. The third-order valence-corrected chi connectivity index (χ3v) is 3.29. The van der Waals surface area contributed by atoms with E-state index < -0.39 is 5.97 Å². The van der Waals surface area contributed by atoms with Crippen LogP contribution in [0.5, 0.6) is 0 Å². The third-order valence-electron chi connectivity index (χ3n) is 3.29. The molecule has 0 saturated heterocycles. The Kier molecular flexibility index (Phi) is 7.94. The van der Waals surface area contributed by atoms with E-state index in [0.717, 1.165) is 12.8 Å². The minimum Gasteiger partial charge on any atom is -0.481 e. The van der Waals surface area contributed by atoms with Crippen LogP contribution in [0.15, 0.2) is 30.3 Å². The average molecular weight is 292 g/mol. The number of aryl methyl sites for hydroxylation is 1. The van der Waals surface area contributed by atoms with Crippen LogP contribution >= 0.6 is 0 Å². The molecule has 0 fully saturated rings. The molecule has 1 aromatic rings. The number of benzene rings is 1. The fraction of sp³-hybridized carbons (Fsp3) is 0.500. The smallest absolute Gasteiger partial charge is 0.314 e. The number of carbonyl (C=O) groups is 2. The molecule has 0 heterocycles. The molecule has 0 radical (unpaired) electrons. The van der Waals surface area contributed by atoms with Gasteiger partial charge in [-0.3, -0.25) is 4.79 Å². The fourth-order valence-electron chi connectivity index (χ4n) is 1.94. The number of nitrogens with one attached hydrogen (secondary N) is 2. The van der Waals surface area contributed by atoms with Crippen LogP contribution in [0, 0.1) is 5.92 Å². The van der Waals surface area contributed by atoms with Crippen LogP contribution < -0.4 is 10.6 Å². The second kappa shape index (κ2) is 9.80. The normalized spacial score (nSPS) is 11.7. The van der Waals surface area contributed by atoms with Gasteiger partial charge >= 0.3 is 12.0 Å². The Labute approximate surface area is 125 Å². The zero-order chi connectivity index (χ0) is 15.5. The van der Waals surface area contributed by atoms with Crippen molar-refractivity contribution in [1.29, 1.82) is 0 Å². The van der Waals surface area contributed by atoms with Crippen molar-refractivity contribution >= 4 is 12.0 Å². The summed E-state index contributed by atoms with van der Waals surface area (Å²) in [6.07, 6.45) is 3.08. The molecule has 1 aromatic carbocycles. The van der Waals surface area contributed by atoms with Crippen molar-refractivity contribution in [3.05, 3.63) is 35.9 Å². The Balaban J connectivity index is 2.00. The van der Waals surface area contributed by atoms with Crippen LogP contribution in [0.25, 0.3) is 0 Å². The molecule has 0 aromatic heterocycles. The van der Waals surface area contributed by atoms with Gasteiger partial charge in [0.2, 0.25) is 0 Å². The van der Waals surface area contributed by atoms with Gasteiger partial charge in [0, 0.05) is 13.1 Å². The van der Waals surface area contributed by atoms with Crippen molar-refractivity contribution in [3.63, 3.8) is 0 Å². The molecule has 0 bridgehead atoms. The molecule has 116 valence electrons. The van der Waals surface area contributed by atoms with E-state index in [1.165, 1.54) is 5.56 Å². The Morgan fingerprint density at radius 3 is 2.33 bits per heavy atom. The number of amides is 2. The van der Waals surface area contributed by atoms with Crippen LogP contribution in [0.4, 0.5) is 4.79 Å². The molecule has 5 nitrogen and oxygen atoms in total. The van der Waals surface area contributed by atoms with Crippen LogP contribution in [-0.4, -0.2) is 30.2 Å². The number of urea groups is 1. The summed E-state index contributed by atoms with van der Waals surface area (Å²) in [6.45, 7) is 2.81. The van der Waals surface area contributed by atoms with Gasteiger partial charge in [0.1, 0.15) is 0 Å². The van der Waals surface area contributed by atoms with Gasteiger partial charge in [0.05, 0.1) is 5.92 Å². The highest BCUT2D eigenvalue weighted by molar-refractivity contribution is 5.73. The van der Waals surface area contributed by atoms with Gasteiger partial charge in [-0.1, -0.05) is 37.3 Å². The van der Waals surface area contributed by atoms with Gasteiger partial charge in [-0.05, 0) is 31.2 Å². The molecule has 3 N–H and O–H groups in total. The predicted octanol–water partition coefficient (Wildman–Crippen LogP) is 2.42. The van der Waals surface area contributed by atoms with Crippen molar-refractivity contribution in [1.82, 2.24) is 10.6 Å². The second-order valence-electron chi connectivity index (χ2n) is 5.15.